The van der Waals surface area contributed by atoms with Crippen molar-refractivity contribution in [2.45, 2.75) is 26.7 Å². The fourth-order valence-corrected chi connectivity index (χ4v) is 0.962. The third-order valence-corrected chi connectivity index (χ3v) is 1.36. The first kappa shape index (κ1) is 15.1. The predicted molar refractivity (Wildman–Crippen MR) is 48.0 cm³/mol. The van der Waals surface area contributed by atoms with Crippen LogP contribution in [0, 0.1) is 23.2 Å². The van der Waals surface area contributed by atoms with Gasteiger partial charge in [0.05, 0.1) is 18.4 Å². The van der Waals surface area contributed by atoms with Crippen LogP contribution in [0.4, 0.5) is 0 Å². The van der Waals surface area contributed by atoms with Gasteiger partial charge in [-0.25, -0.2) is 0 Å². The van der Waals surface area contributed by atoms with Crippen LogP contribution in [0.15, 0.2) is 0 Å². The molecule has 0 radical (unpaired) electrons. The molecular formula is C8H14KNO2. The van der Waals surface area contributed by atoms with E-state index in [1.54, 1.807) is 0 Å². The van der Waals surface area contributed by atoms with E-state index in [-0.39, 0.29) is 63.7 Å². The van der Waals surface area contributed by atoms with E-state index in [1.165, 1.54) is 0 Å². The predicted octanol–water partition coefficient (Wildman–Crippen LogP) is 0.998. The summed E-state index contributed by atoms with van der Waals surface area (Å²) in [5.74, 6) is -0.830. The molecule has 12 heavy (non-hydrogen) atoms. The molecule has 0 spiro atoms. The van der Waals surface area contributed by atoms with Crippen LogP contribution in [0.25, 0.3) is 0 Å². The molecule has 0 aromatic heterocycles. The molecule has 0 aliphatic heterocycles. The van der Waals surface area contributed by atoms with Crippen LogP contribution in [0.1, 0.15) is 26.7 Å². The summed E-state index contributed by atoms with van der Waals surface area (Å²) in [6, 6.07) is 1.98. The molecule has 0 aliphatic rings. The van der Waals surface area contributed by atoms with E-state index in [0.717, 1.165) is 0 Å². The summed E-state index contributed by atoms with van der Waals surface area (Å²) in [7, 11) is 0. The molecule has 1 atom stereocenters. The Balaban J connectivity index is 0. The average Bonchev–Trinajstić information content (AvgIpc) is 1.84. The summed E-state index contributed by atoms with van der Waals surface area (Å²) < 4.78 is 0. The molecule has 0 saturated carbocycles. The summed E-state index contributed by atoms with van der Waals surface area (Å²) in [6.07, 6.45) is 0.636. The normalized spacial score (nSPS) is 11.5. The number of nitrogens with zero attached hydrogens (tertiary/aromatic N) is 1. The maximum atomic E-state index is 10.2. The van der Waals surface area contributed by atoms with Crippen LogP contribution in [0.5, 0.6) is 0 Å². The number of carboxylic acids is 1. The molecule has 0 aliphatic carbocycles. The van der Waals surface area contributed by atoms with Crippen molar-refractivity contribution in [2.75, 3.05) is 0 Å². The Bertz CT molecular complexity index is 174. The topological polar surface area (TPSA) is 61.1 Å². The summed E-state index contributed by atoms with van der Waals surface area (Å²) in [4.78, 5) is 10.2. The molecule has 4 heteroatoms. The Morgan fingerprint density at radius 2 is 2.08 bits per heavy atom. The van der Waals surface area contributed by atoms with Gasteiger partial charge < -0.3 is 5.11 Å². The van der Waals surface area contributed by atoms with Gasteiger partial charge >= 0.3 is 57.4 Å². The summed E-state index contributed by atoms with van der Waals surface area (Å²) >= 11 is 0. The van der Waals surface area contributed by atoms with Crippen molar-refractivity contribution in [3.63, 3.8) is 0 Å². The molecule has 0 fully saturated rings. The first-order valence-corrected chi connectivity index (χ1v) is 3.67. The second-order valence-electron chi connectivity index (χ2n) is 3.05. The summed E-state index contributed by atoms with van der Waals surface area (Å²) in [5.41, 5.74) is 0. The molecule has 0 bridgehead atoms. The van der Waals surface area contributed by atoms with Crippen molar-refractivity contribution in [3.8, 4) is 6.07 Å². The van der Waals surface area contributed by atoms with E-state index in [1.807, 2.05) is 19.9 Å². The van der Waals surface area contributed by atoms with Gasteiger partial charge in [0.15, 0.2) is 0 Å². The van der Waals surface area contributed by atoms with Crippen molar-refractivity contribution in [1.82, 2.24) is 0 Å². The van der Waals surface area contributed by atoms with Gasteiger partial charge in [-0.1, -0.05) is 13.8 Å². The molecular weight excluding hydrogens is 181 g/mol. The molecule has 0 aromatic carbocycles. The molecule has 1 unspecified atom stereocenters. The Morgan fingerprint density at radius 1 is 1.58 bits per heavy atom. The monoisotopic (exact) mass is 195 g/mol. The molecule has 0 saturated heterocycles. The maximum absolute atomic E-state index is 10.2. The van der Waals surface area contributed by atoms with E-state index in [2.05, 4.69) is 0 Å². The van der Waals surface area contributed by atoms with E-state index in [9.17, 15) is 4.79 Å². The van der Waals surface area contributed by atoms with Gasteiger partial charge in [0.1, 0.15) is 0 Å². The Hall–Kier alpha value is 0.596. The van der Waals surface area contributed by atoms with Gasteiger partial charge in [-0.15, -0.1) is 0 Å². The number of hydrogen-bond acceptors (Lipinski definition) is 2. The van der Waals surface area contributed by atoms with Gasteiger partial charge in [-0.05, 0) is 12.3 Å². The molecule has 0 heterocycles. The number of carbonyl (C=O) groups is 1. The van der Waals surface area contributed by atoms with E-state index in [0.29, 0.717) is 12.3 Å². The zero-order valence-electron chi connectivity index (χ0n) is 6.87. The Morgan fingerprint density at radius 3 is 2.33 bits per heavy atom. The van der Waals surface area contributed by atoms with Crippen LogP contribution < -0.4 is 0 Å². The third-order valence-electron chi connectivity index (χ3n) is 1.36. The third kappa shape index (κ3) is 8.69. The van der Waals surface area contributed by atoms with Crippen LogP contribution in [0.3, 0.4) is 0 Å². The van der Waals surface area contributed by atoms with Crippen LogP contribution in [-0.2, 0) is 4.79 Å². The van der Waals surface area contributed by atoms with Gasteiger partial charge in [0, 0.05) is 0 Å². The van der Waals surface area contributed by atoms with Gasteiger partial charge in [-0.3, -0.25) is 4.79 Å². The Labute approximate surface area is 116 Å². The SMILES string of the molecule is CC(C)CC(C#N)CC(=O)O.[KH]. The van der Waals surface area contributed by atoms with Gasteiger partial charge in [0.25, 0.3) is 0 Å². The summed E-state index contributed by atoms with van der Waals surface area (Å²) in [6.45, 7) is 3.96. The van der Waals surface area contributed by atoms with Crippen molar-refractivity contribution in [3.05, 3.63) is 0 Å². The number of rotatable bonds is 4. The van der Waals surface area contributed by atoms with Crippen molar-refractivity contribution in [2.24, 2.45) is 11.8 Å². The molecule has 3 nitrogen and oxygen atoms in total. The van der Waals surface area contributed by atoms with Crippen LogP contribution >= 0.6 is 0 Å². The zero-order chi connectivity index (χ0) is 8.85. The molecule has 64 valence electrons. The van der Waals surface area contributed by atoms with Gasteiger partial charge in [-0.2, -0.15) is 5.26 Å². The summed E-state index contributed by atoms with van der Waals surface area (Å²) in [5, 5.41) is 16.9. The molecule has 0 rings (SSSR count). The number of carboxylic acid groups (broad SMARTS) is 1. The van der Waals surface area contributed by atoms with Crippen LogP contribution in [0.2, 0.25) is 0 Å². The number of aliphatic carboxylic acids is 1. The quantitative estimate of drug-likeness (QED) is 0.681. The fourth-order valence-electron chi connectivity index (χ4n) is 0.962. The molecule has 1 N–H and O–H groups in total. The van der Waals surface area contributed by atoms with Crippen molar-refractivity contribution >= 4 is 57.4 Å². The fraction of sp³-hybridized carbons (Fsp3) is 0.750. The minimum absolute atomic E-state index is 0. The minimum atomic E-state index is -0.891. The Kier molecular flexibility index (Phi) is 10.3. The second-order valence-corrected chi connectivity index (χ2v) is 3.05. The average molecular weight is 195 g/mol. The van der Waals surface area contributed by atoms with E-state index >= 15 is 0 Å². The first-order valence-electron chi connectivity index (χ1n) is 3.67. The number of nitriles is 1. The number of hydrogen-bond donors (Lipinski definition) is 1. The molecule has 0 aromatic rings. The second kappa shape index (κ2) is 8.21. The standard InChI is InChI=1S/C8H13NO2.K.H/c1-6(2)3-7(5-9)4-8(10)11;;/h6-7H,3-4H2,1-2H3,(H,10,11);;. The van der Waals surface area contributed by atoms with E-state index in [4.69, 9.17) is 10.4 Å². The molecule has 0 amide bonds. The first-order chi connectivity index (χ1) is 5.06. The van der Waals surface area contributed by atoms with Gasteiger partial charge in [0.2, 0.25) is 0 Å². The van der Waals surface area contributed by atoms with Crippen LogP contribution in [-0.4, -0.2) is 62.5 Å². The van der Waals surface area contributed by atoms with Crippen molar-refractivity contribution in [1.29, 1.82) is 5.26 Å². The van der Waals surface area contributed by atoms with Crippen molar-refractivity contribution < 1.29 is 9.90 Å². The zero-order valence-corrected chi connectivity index (χ0v) is 6.87. The van der Waals surface area contributed by atoms with E-state index < -0.39 is 5.97 Å².